The number of halogens is 1. The van der Waals surface area contributed by atoms with Gasteiger partial charge in [0.05, 0.1) is 24.8 Å². The van der Waals surface area contributed by atoms with Gasteiger partial charge in [-0.3, -0.25) is 14.5 Å². The van der Waals surface area contributed by atoms with Crippen LogP contribution in [0.3, 0.4) is 0 Å². The molecule has 7 nitrogen and oxygen atoms in total. The summed E-state index contributed by atoms with van der Waals surface area (Å²) in [5.74, 6) is -0.361. The molecule has 25 heavy (non-hydrogen) atoms. The summed E-state index contributed by atoms with van der Waals surface area (Å²) < 4.78 is 6.05. The molecule has 0 N–H and O–H groups in total. The Morgan fingerprint density at radius 3 is 2.40 bits per heavy atom. The van der Waals surface area contributed by atoms with Crippen LogP contribution in [0.25, 0.3) is 0 Å². The van der Waals surface area contributed by atoms with Crippen LogP contribution in [-0.2, 0) is 14.3 Å². The summed E-state index contributed by atoms with van der Waals surface area (Å²) in [6.07, 6.45) is -0.138. The molecule has 0 unspecified atom stereocenters. The fraction of sp³-hybridized carbons (Fsp3) is 0.471. The van der Waals surface area contributed by atoms with E-state index in [4.69, 9.17) is 4.74 Å². The van der Waals surface area contributed by atoms with Gasteiger partial charge in [0.15, 0.2) is 0 Å². The second kappa shape index (κ2) is 7.69. The molecule has 134 valence electrons. The molecule has 1 aromatic carbocycles. The van der Waals surface area contributed by atoms with Crippen LogP contribution in [-0.4, -0.2) is 66.5 Å². The van der Waals surface area contributed by atoms with E-state index >= 15 is 0 Å². The average molecular weight is 457 g/mol. The molecule has 1 aromatic rings. The standard InChI is InChI=1S/C17H20IN3O4/c1-2-25-17(24)20-9-7-19(8-10-20)14-11-15(22)21(16(14)23)13-5-3-12(18)4-6-13/h3-6,14H,2,7-11H2,1H3/t14-/m0/s1. The highest BCUT2D eigenvalue weighted by Crippen LogP contribution is 2.27. The Balaban J connectivity index is 1.65. The zero-order chi connectivity index (χ0) is 18.0. The molecule has 0 aromatic heterocycles. The van der Waals surface area contributed by atoms with Gasteiger partial charge in [-0.2, -0.15) is 0 Å². The average Bonchev–Trinajstić information content (AvgIpc) is 2.91. The molecule has 2 fully saturated rings. The predicted octanol–water partition coefficient (Wildman–Crippen LogP) is 1.70. The summed E-state index contributed by atoms with van der Waals surface area (Å²) in [6.45, 7) is 4.24. The molecule has 0 bridgehead atoms. The first kappa shape index (κ1) is 18.1. The van der Waals surface area contributed by atoms with Crippen LogP contribution in [0.1, 0.15) is 13.3 Å². The van der Waals surface area contributed by atoms with Crippen molar-refractivity contribution in [1.82, 2.24) is 9.80 Å². The lowest BCUT2D eigenvalue weighted by Gasteiger charge is -2.36. The third-order valence-corrected chi connectivity index (χ3v) is 5.21. The van der Waals surface area contributed by atoms with Crippen molar-refractivity contribution in [3.8, 4) is 0 Å². The van der Waals surface area contributed by atoms with E-state index in [-0.39, 0.29) is 24.3 Å². The highest BCUT2D eigenvalue weighted by Gasteiger charge is 2.43. The Morgan fingerprint density at radius 2 is 1.80 bits per heavy atom. The van der Waals surface area contributed by atoms with E-state index in [0.717, 1.165) is 3.57 Å². The van der Waals surface area contributed by atoms with Gasteiger partial charge in [-0.15, -0.1) is 0 Å². The Bertz CT molecular complexity index is 671. The van der Waals surface area contributed by atoms with E-state index in [2.05, 4.69) is 22.6 Å². The van der Waals surface area contributed by atoms with Crippen molar-refractivity contribution in [2.45, 2.75) is 19.4 Å². The topological polar surface area (TPSA) is 70.2 Å². The molecule has 2 heterocycles. The number of carbonyl (C=O) groups excluding carboxylic acids is 3. The minimum Gasteiger partial charge on any atom is -0.450 e. The van der Waals surface area contributed by atoms with Crippen molar-refractivity contribution >= 4 is 46.2 Å². The first-order chi connectivity index (χ1) is 12.0. The van der Waals surface area contributed by atoms with Crippen molar-refractivity contribution in [1.29, 1.82) is 0 Å². The van der Waals surface area contributed by atoms with Crippen LogP contribution in [0, 0.1) is 3.57 Å². The summed E-state index contributed by atoms with van der Waals surface area (Å²) in [7, 11) is 0. The van der Waals surface area contributed by atoms with Gasteiger partial charge in [0, 0.05) is 29.7 Å². The number of nitrogens with zero attached hydrogens (tertiary/aromatic N) is 3. The van der Waals surface area contributed by atoms with Gasteiger partial charge in [0.1, 0.15) is 0 Å². The molecule has 1 atom stereocenters. The largest absolute Gasteiger partial charge is 0.450 e. The SMILES string of the molecule is CCOC(=O)N1CCN([C@H]2CC(=O)N(c3ccc(I)cc3)C2=O)CC1. The van der Waals surface area contributed by atoms with Crippen LogP contribution >= 0.6 is 22.6 Å². The van der Waals surface area contributed by atoms with Crippen LogP contribution in [0.2, 0.25) is 0 Å². The number of amides is 3. The van der Waals surface area contributed by atoms with Crippen molar-refractivity contribution in [2.75, 3.05) is 37.7 Å². The van der Waals surface area contributed by atoms with Crippen molar-refractivity contribution in [3.63, 3.8) is 0 Å². The molecule has 3 amide bonds. The lowest BCUT2D eigenvalue weighted by molar-refractivity contribution is -0.123. The van der Waals surface area contributed by atoms with Crippen LogP contribution < -0.4 is 4.90 Å². The number of benzene rings is 1. The second-order valence-corrected chi connectivity index (χ2v) is 7.23. The maximum Gasteiger partial charge on any atom is 0.409 e. The molecule has 2 aliphatic rings. The first-order valence-electron chi connectivity index (χ1n) is 8.29. The maximum atomic E-state index is 12.8. The second-order valence-electron chi connectivity index (χ2n) is 5.99. The number of rotatable bonds is 3. The third kappa shape index (κ3) is 3.79. The Kier molecular flexibility index (Phi) is 5.57. The Hall–Kier alpha value is -1.68. The lowest BCUT2D eigenvalue weighted by Crippen LogP contribution is -2.54. The summed E-state index contributed by atoms with van der Waals surface area (Å²) in [4.78, 5) is 41.8. The fourth-order valence-electron chi connectivity index (χ4n) is 3.19. The number of hydrogen-bond acceptors (Lipinski definition) is 5. The molecule has 8 heteroatoms. The van der Waals surface area contributed by atoms with Gasteiger partial charge in [0.25, 0.3) is 5.91 Å². The summed E-state index contributed by atoms with van der Waals surface area (Å²) in [5.41, 5.74) is 0.614. The van der Waals surface area contributed by atoms with Crippen molar-refractivity contribution in [2.24, 2.45) is 0 Å². The molecule has 3 rings (SSSR count). The van der Waals surface area contributed by atoms with E-state index in [1.54, 1.807) is 24.0 Å². The molecule has 0 radical (unpaired) electrons. The van der Waals surface area contributed by atoms with E-state index < -0.39 is 6.04 Å². The zero-order valence-electron chi connectivity index (χ0n) is 14.0. The molecule has 2 aliphatic heterocycles. The van der Waals surface area contributed by atoms with Crippen LogP contribution in [0.4, 0.5) is 10.5 Å². The molecule has 0 spiro atoms. The number of piperazine rings is 1. The number of imide groups is 1. The van der Waals surface area contributed by atoms with Crippen molar-refractivity contribution in [3.05, 3.63) is 27.8 Å². The zero-order valence-corrected chi connectivity index (χ0v) is 16.1. The number of ether oxygens (including phenoxy) is 1. The molecule has 2 saturated heterocycles. The third-order valence-electron chi connectivity index (χ3n) is 4.49. The van der Waals surface area contributed by atoms with E-state index in [9.17, 15) is 14.4 Å². The molecule has 0 aliphatic carbocycles. The normalized spacial score (nSPS) is 21.8. The fourth-order valence-corrected chi connectivity index (χ4v) is 3.55. The van der Waals surface area contributed by atoms with Gasteiger partial charge >= 0.3 is 6.09 Å². The predicted molar refractivity (Wildman–Crippen MR) is 100 cm³/mol. The lowest BCUT2D eigenvalue weighted by atomic mass is 10.2. The van der Waals surface area contributed by atoms with E-state index in [0.29, 0.717) is 38.5 Å². The molecule has 0 saturated carbocycles. The number of anilines is 1. The number of carbonyl (C=O) groups is 3. The summed E-state index contributed by atoms with van der Waals surface area (Å²) in [6, 6.07) is 6.89. The van der Waals surface area contributed by atoms with E-state index in [1.165, 1.54) is 4.90 Å². The smallest absolute Gasteiger partial charge is 0.409 e. The highest BCUT2D eigenvalue weighted by molar-refractivity contribution is 14.1. The molecular formula is C17H20IN3O4. The van der Waals surface area contributed by atoms with Gasteiger partial charge < -0.3 is 9.64 Å². The van der Waals surface area contributed by atoms with Gasteiger partial charge in [-0.1, -0.05) is 0 Å². The van der Waals surface area contributed by atoms with E-state index in [1.807, 2.05) is 17.0 Å². The molecular weight excluding hydrogens is 437 g/mol. The van der Waals surface area contributed by atoms with Gasteiger partial charge in [0.2, 0.25) is 5.91 Å². The minimum absolute atomic E-state index is 0.177. The highest BCUT2D eigenvalue weighted by atomic mass is 127. The maximum absolute atomic E-state index is 12.8. The Morgan fingerprint density at radius 1 is 1.16 bits per heavy atom. The summed E-state index contributed by atoms with van der Waals surface area (Å²) in [5, 5.41) is 0. The minimum atomic E-state index is -0.448. The van der Waals surface area contributed by atoms with Gasteiger partial charge in [-0.05, 0) is 53.8 Å². The quantitative estimate of drug-likeness (QED) is 0.511. The Labute approximate surface area is 160 Å². The van der Waals surface area contributed by atoms with Crippen LogP contribution in [0.15, 0.2) is 24.3 Å². The monoisotopic (exact) mass is 457 g/mol. The first-order valence-corrected chi connectivity index (χ1v) is 9.37. The van der Waals surface area contributed by atoms with Crippen molar-refractivity contribution < 1.29 is 19.1 Å². The van der Waals surface area contributed by atoms with Gasteiger partial charge in [-0.25, -0.2) is 9.69 Å². The number of hydrogen-bond donors (Lipinski definition) is 0. The summed E-state index contributed by atoms with van der Waals surface area (Å²) >= 11 is 2.18. The van der Waals surface area contributed by atoms with Crippen LogP contribution in [0.5, 0.6) is 0 Å².